The van der Waals surface area contributed by atoms with Crippen LogP contribution < -0.4 is 5.32 Å². The molecule has 0 spiro atoms. The molecule has 0 unspecified atom stereocenters. The number of benzene rings is 1. The maximum atomic E-state index is 12.6. The molecule has 2 rings (SSSR count). The highest BCUT2D eigenvalue weighted by molar-refractivity contribution is 6.02. The van der Waals surface area contributed by atoms with Gasteiger partial charge < -0.3 is 14.5 Å². The summed E-state index contributed by atoms with van der Waals surface area (Å²) in [5.41, 5.74) is 2.88. The van der Waals surface area contributed by atoms with Crippen LogP contribution >= 0.6 is 0 Å². The van der Waals surface area contributed by atoms with Gasteiger partial charge in [0.1, 0.15) is 0 Å². The number of carbonyl (C=O) groups is 2. The minimum Gasteiger partial charge on any atom is -0.462 e. The average Bonchev–Trinajstić information content (AvgIpc) is 2.99. The molecular formula is C19H29N2O3+. The van der Waals surface area contributed by atoms with Crippen molar-refractivity contribution in [1.29, 1.82) is 0 Å². The van der Waals surface area contributed by atoms with Gasteiger partial charge in [-0.15, -0.1) is 0 Å². The predicted octanol–water partition coefficient (Wildman–Crippen LogP) is 3.05. The summed E-state index contributed by atoms with van der Waals surface area (Å²) >= 11 is 0. The number of likely N-dealkylation sites (N-methyl/N-ethyl adjacent to an activating group) is 1. The smallest absolute Gasteiger partial charge is 0.340 e. The fourth-order valence-electron chi connectivity index (χ4n) is 3.58. The fourth-order valence-corrected chi connectivity index (χ4v) is 3.58. The first-order valence-electron chi connectivity index (χ1n) is 8.84. The van der Waals surface area contributed by atoms with E-state index in [0.29, 0.717) is 24.4 Å². The van der Waals surface area contributed by atoms with E-state index in [-0.39, 0.29) is 11.9 Å². The molecule has 1 amide bonds. The quantitative estimate of drug-likeness (QED) is 0.643. The zero-order valence-electron chi connectivity index (χ0n) is 15.3. The summed E-state index contributed by atoms with van der Waals surface area (Å²) in [6, 6.07) is 3.75. The Labute approximate surface area is 144 Å². The Balaban J connectivity index is 2.21. The summed E-state index contributed by atoms with van der Waals surface area (Å²) in [4.78, 5) is 24.9. The number of quaternary nitrogens is 1. The first kappa shape index (κ1) is 18.5. The summed E-state index contributed by atoms with van der Waals surface area (Å²) in [6.07, 6.45) is 2.36. The van der Waals surface area contributed by atoms with Crippen LogP contribution in [-0.4, -0.2) is 49.1 Å². The van der Waals surface area contributed by atoms with Gasteiger partial charge >= 0.3 is 5.97 Å². The number of ether oxygens (including phenoxy) is 1. The van der Waals surface area contributed by atoms with Crippen LogP contribution in [0, 0.1) is 13.8 Å². The van der Waals surface area contributed by atoms with E-state index < -0.39 is 0 Å². The molecule has 0 saturated carbocycles. The summed E-state index contributed by atoms with van der Waals surface area (Å²) in [7, 11) is 0. The van der Waals surface area contributed by atoms with E-state index in [1.165, 1.54) is 12.8 Å². The maximum Gasteiger partial charge on any atom is 0.340 e. The molecule has 5 heteroatoms. The molecule has 0 aliphatic carbocycles. The summed E-state index contributed by atoms with van der Waals surface area (Å²) < 4.78 is 5.98. The van der Waals surface area contributed by atoms with Crippen LogP contribution in [0.2, 0.25) is 0 Å². The van der Waals surface area contributed by atoms with Gasteiger partial charge in [0.25, 0.3) is 5.91 Å². The number of aryl methyl sites for hydroxylation is 2. The van der Waals surface area contributed by atoms with Crippen molar-refractivity contribution in [2.24, 2.45) is 0 Å². The lowest BCUT2D eigenvalue weighted by Gasteiger charge is -2.32. The van der Waals surface area contributed by atoms with Crippen molar-refractivity contribution in [3.63, 3.8) is 0 Å². The number of hydrogen-bond donors (Lipinski definition) is 1. The number of esters is 1. The second-order valence-corrected chi connectivity index (χ2v) is 6.74. The fraction of sp³-hybridized carbons (Fsp3) is 0.579. The van der Waals surface area contributed by atoms with Crippen LogP contribution in [-0.2, 0) is 9.53 Å². The molecule has 1 aromatic rings. The Kier molecular flexibility index (Phi) is 5.99. The van der Waals surface area contributed by atoms with Crippen molar-refractivity contribution in [1.82, 2.24) is 0 Å². The minimum atomic E-state index is -0.389. The normalized spacial score (nSPS) is 16.0. The van der Waals surface area contributed by atoms with Gasteiger partial charge in [-0.1, -0.05) is 6.07 Å². The van der Waals surface area contributed by atoms with Crippen LogP contribution in [0.25, 0.3) is 0 Å². The number of hydrogen-bond acceptors (Lipinski definition) is 3. The van der Waals surface area contributed by atoms with E-state index in [1.807, 2.05) is 19.9 Å². The third kappa shape index (κ3) is 4.15. The molecule has 24 heavy (non-hydrogen) atoms. The lowest BCUT2D eigenvalue weighted by atomic mass is 10.0. The highest BCUT2D eigenvalue weighted by atomic mass is 16.5. The van der Waals surface area contributed by atoms with Gasteiger partial charge in [0, 0.05) is 12.8 Å². The third-order valence-electron chi connectivity index (χ3n) is 4.90. The lowest BCUT2D eigenvalue weighted by molar-refractivity contribution is -0.907. The van der Waals surface area contributed by atoms with Gasteiger partial charge in [-0.3, -0.25) is 4.79 Å². The molecule has 0 bridgehead atoms. The maximum absolute atomic E-state index is 12.6. The molecule has 0 aromatic heterocycles. The molecule has 1 N–H and O–H groups in total. The SMILES string of the molecule is CCOC(=O)c1cc(C)cc(C)c1NC(=O)C[N+]1(CC)CCCC1. The zero-order valence-corrected chi connectivity index (χ0v) is 15.3. The molecule has 132 valence electrons. The van der Waals surface area contributed by atoms with Crippen molar-refractivity contribution >= 4 is 17.6 Å². The summed E-state index contributed by atoms with van der Waals surface area (Å²) in [6.45, 7) is 11.6. The number of rotatable bonds is 6. The van der Waals surface area contributed by atoms with Crippen molar-refractivity contribution in [2.75, 3.05) is 38.1 Å². The number of nitrogens with zero attached hydrogens (tertiary/aromatic N) is 1. The number of anilines is 1. The van der Waals surface area contributed by atoms with Gasteiger partial charge in [-0.05, 0) is 44.9 Å². The number of carbonyl (C=O) groups excluding carboxylic acids is 2. The van der Waals surface area contributed by atoms with Crippen LogP contribution in [0.3, 0.4) is 0 Å². The van der Waals surface area contributed by atoms with E-state index in [4.69, 9.17) is 4.74 Å². The summed E-state index contributed by atoms with van der Waals surface area (Å²) in [5, 5.41) is 2.98. The predicted molar refractivity (Wildman–Crippen MR) is 95.1 cm³/mol. The topological polar surface area (TPSA) is 55.4 Å². The van der Waals surface area contributed by atoms with Crippen LogP contribution in [0.1, 0.15) is 48.2 Å². The highest BCUT2D eigenvalue weighted by Gasteiger charge is 2.33. The summed E-state index contributed by atoms with van der Waals surface area (Å²) in [5.74, 6) is -0.420. The Hall–Kier alpha value is -1.88. The first-order valence-corrected chi connectivity index (χ1v) is 8.84. The van der Waals surface area contributed by atoms with E-state index >= 15 is 0 Å². The van der Waals surface area contributed by atoms with Gasteiger partial charge in [-0.2, -0.15) is 0 Å². The van der Waals surface area contributed by atoms with Gasteiger partial charge in [0.15, 0.2) is 6.54 Å². The molecular weight excluding hydrogens is 304 g/mol. The van der Waals surface area contributed by atoms with Crippen molar-refractivity contribution in [2.45, 2.75) is 40.5 Å². The molecule has 1 aliphatic heterocycles. The molecule has 0 atom stereocenters. The molecule has 1 heterocycles. The monoisotopic (exact) mass is 333 g/mol. The first-order chi connectivity index (χ1) is 11.4. The Morgan fingerprint density at radius 1 is 1.17 bits per heavy atom. The molecule has 5 nitrogen and oxygen atoms in total. The zero-order chi connectivity index (χ0) is 17.7. The Morgan fingerprint density at radius 3 is 2.42 bits per heavy atom. The van der Waals surface area contributed by atoms with Crippen molar-refractivity contribution in [3.05, 3.63) is 28.8 Å². The van der Waals surface area contributed by atoms with E-state index in [0.717, 1.165) is 35.2 Å². The van der Waals surface area contributed by atoms with Crippen LogP contribution in [0.4, 0.5) is 5.69 Å². The minimum absolute atomic E-state index is 0.0312. The Bertz CT molecular complexity index is 619. The highest BCUT2D eigenvalue weighted by Crippen LogP contribution is 2.25. The largest absolute Gasteiger partial charge is 0.462 e. The van der Waals surface area contributed by atoms with Gasteiger partial charge in [0.2, 0.25) is 0 Å². The molecule has 1 fully saturated rings. The number of likely N-dealkylation sites (tertiary alicyclic amines) is 1. The van der Waals surface area contributed by atoms with Crippen molar-refractivity contribution < 1.29 is 18.8 Å². The standard InChI is InChI=1S/C19H28N2O3/c1-5-21(9-7-8-10-21)13-17(22)20-18-15(4)11-14(3)12-16(18)19(23)24-6-2/h11-12H,5-10,13H2,1-4H3/p+1. The third-order valence-corrected chi connectivity index (χ3v) is 4.90. The second kappa shape index (κ2) is 7.79. The van der Waals surface area contributed by atoms with Crippen molar-refractivity contribution in [3.8, 4) is 0 Å². The molecule has 1 aliphatic rings. The van der Waals surface area contributed by atoms with E-state index in [1.54, 1.807) is 13.0 Å². The average molecular weight is 333 g/mol. The number of nitrogens with one attached hydrogen (secondary N) is 1. The number of amides is 1. The molecule has 1 aromatic carbocycles. The van der Waals surface area contributed by atoms with E-state index in [9.17, 15) is 9.59 Å². The Morgan fingerprint density at radius 2 is 1.83 bits per heavy atom. The van der Waals surface area contributed by atoms with E-state index in [2.05, 4.69) is 12.2 Å². The van der Waals surface area contributed by atoms with Gasteiger partial charge in [-0.25, -0.2) is 4.79 Å². The molecule has 0 radical (unpaired) electrons. The van der Waals surface area contributed by atoms with Crippen LogP contribution in [0.5, 0.6) is 0 Å². The van der Waals surface area contributed by atoms with Crippen LogP contribution in [0.15, 0.2) is 12.1 Å². The lowest BCUT2D eigenvalue weighted by Crippen LogP contribution is -2.50. The molecule has 1 saturated heterocycles. The second-order valence-electron chi connectivity index (χ2n) is 6.74. The van der Waals surface area contributed by atoms with Gasteiger partial charge in [0.05, 0.1) is 37.5 Å².